The average Bonchev–Trinajstić information content (AvgIpc) is 2.54. The zero-order chi connectivity index (χ0) is 13.8. The number of hydrogen-bond donors (Lipinski definition) is 3. The normalized spacial score (nSPS) is 31.9. The zero-order valence-corrected chi connectivity index (χ0v) is 10.8. The first-order valence-electron chi connectivity index (χ1n) is 6.34. The highest BCUT2D eigenvalue weighted by Crippen LogP contribution is 2.24. The van der Waals surface area contributed by atoms with Gasteiger partial charge in [0, 0.05) is 6.42 Å². The second-order valence-electron chi connectivity index (χ2n) is 4.70. The molecule has 3 N–H and O–H groups in total. The van der Waals surface area contributed by atoms with Crippen LogP contribution in [0.1, 0.15) is 39.5 Å². The number of aliphatic hydroxyl groups excluding tert-OH is 1. The first-order valence-corrected chi connectivity index (χ1v) is 6.34. The van der Waals surface area contributed by atoms with Crippen LogP contribution in [-0.4, -0.2) is 39.7 Å². The molecule has 1 aliphatic heterocycles. The molecule has 0 aromatic carbocycles. The van der Waals surface area contributed by atoms with E-state index in [9.17, 15) is 19.8 Å². The number of carbonyl (C=O) groups is 2. The number of allylic oxidation sites excluding steroid dienone is 2. The van der Waals surface area contributed by atoms with Crippen LogP contribution in [0.5, 0.6) is 0 Å². The predicted octanol–water partition coefficient (Wildman–Crippen LogP) is 0.302. The number of hydrogen-bond acceptors (Lipinski definition) is 4. The third-order valence-corrected chi connectivity index (χ3v) is 3.19. The van der Waals surface area contributed by atoms with Crippen molar-refractivity contribution in [1.29, 1.82) is 0 Å². The van der Waals surface area contributed by atoms with Crippen molar-refractivity contribution in [3.05, 3.63) is 12.2 Å². The van der Waals surface area contributed by atoms with Crippen LogP contribution in [0.2, 0.25) is 0 Å². The Kier molecular flexibility index (Phi) is 5.04. The van der Waals surface area contributed by atoms with E-state index in [4.69, 9.17) is 0 Å². The van der Waals surface area contributed by atoms with E-state index in [0.717, 1.165) is 12.8 Å². The Morgan fingerprint density at radius 2 is 2.06 bits per heavy atom. The Morgan fingerprint density at radius 3 is 2.56 bits per heavy atom. The van der Waals surface area contributed by atoms with Crippen molar-refractivity contribution in [2.75, 3.05) is 0 Å². The van der Waals surface area contributed by atoms with E-state index in [0.29, 0.717) is 6.42 Å². The van der Waals surface area contributed by atoms with Crippen LogP contribution in [0, 0.1) is 0 Å². The number of aliphatic hydroxyl groups is 2. The van der Waals surface area contributed by atoms with Crippen molar-refractivity contribution in [2.24, 2.45) is 0 Å². The number of nitrogens with one attached hydrogen (secondary N) is 1. The maximum atomic E-state index is 11.9. The SMILES string of the molecule is CCCC=CCCC(=O)[C@]1(O)C(=O)N[C@@H](C)[C@@H]1O. The second kappa shape index (κ2) is 6.11. The standard InChI is InChI=1S/C13H21NO4/c1-3-4-5-6-7-8-10(15)13(18)11(16)9(2)14-12(13)17/h5-6,9,11,16,18H,3-4,7-8H2,1-2H3,(H,14,17)/t9-,11-,13+/m0/s1. The molecular weight excluding hydrogens is 234 g/mol. The van der Waals surface area contributed by atoms with Crippen LogP contribution >= 0.6 is 0 Å². The Hall–Kier alpha value is -1.20. The smallest absolute Gasteiger partial charge is 0.262 e. The van der Waals surface area contributed by atoms with Gasteiger partial charge in [0.05, 0.1) is 6.04 Å². The fourth-order valence-electron chi connectivity index (χ4n) is 1.99. The number of Topliss-reactive ketones (excluding diaryl/α,β-unsaturated/α-hetero) is 1. The van der Waals surface area contributed by atoms with Gasteiger partial charge in [-0.1, -0.05) is 25.5 Å². The molecule has 0 aromatic heterocycles. The molecule has 0 unspecified atom stereocenters. The molecule has 1 heterocycles. The number of rotatable bonds is 6. The molecule has 1 amide bonds. The summed E-state index contributed by atoms with van der Waals surface area (Å²) in [5.74, 6) is -1.43. The molecule has 18 heavy (non-hydrogen) atoms. The van der Waals surface area contributed by atoms with E-state index < -0.39 is 29.4 Å². The van der Waals surface area contributed by atoms with Gasteiger partial charge in [0.2, 0.25) is 5.60 Å². The lowest BCUT2D eigenvalue weighted by Crippen LogP contribution is -2.53. The molecule has 1 rings (SSSR count). The summed E-state index contributed by atoms with van der Waals surface area (Å²) < 4.78 is 0. The Labute approximate surface area is 107 Å². The highest BCUT2D eigenvalue weighted by atomic mass is 16.4. The topological polar surface area (TPSA) is 86.6 Å². The molecule has 1 aliphatic rings. The summed E-state index contributed by atoms with van der Waals surface area (Å²) >= 11 is 0. The van der Waals surface area contributed by atoms with Crippen LogP contribution in [0.25, 0.3) is 0 Å². The third-order valence-electron chi connectivity index (χ3n) is 3.19. The summed E-state index contributed by atoms with van der Waals surface area (Å²) in [5, 5.41) is 22.1. The molecule has 0 saturated carbocycles. The Bertz CT molecular complexity index is 353. The molecule has 5 nitrogen and oxygen atoms in total. The van der Waals surface area contributed by atoms with Crippen LogP contribution in [0.15, 0.2) is 12.2 Å². The number of carbonyl (C=O) groups excluding carboxylic acids is 2. The first-order chi connectivity index (χ1) is 8.44. The molecule has 0 aromatic rings. The van der Waals surface area contributed by atoms with Gasteiger partial charge < -0.3 is 15.5 Å². The van der Waals surface area contributed by atoms with Crippen molar-refractivity contribution >= 4 is 11.7 Å². The molecule has 102 valence electrons. The summed E-state index contributed by atoms with van der Waals surface area (Å²) in [7, 11) is 0. The van der Waals surface area contributed by atoms with Gasteiger partial charge >= 0.3 is 0 Å². The lowest BCUT2D eigenvalue weighted by Gasteiger charge is -2.22. The average molecular weight is 255 g/mol. The molecule has 1 saturated heterocycles. The van der Waals surface area contributed by atoms with Gasteiger partial charge in [0.1, 0.15) is 6.10 Å². The quantitative estimate of drug-likeness (QED) is 0.470. The monoisotopic (exact) mass is 255 g/mol. The number of amides is 1. The molecule has 1 fully saturated rings. The summed E-state index contributed by atoms with van der Waals surface area (Å²) in [6.07, 6.45) is 4.94. The van der Waals surface area contributed by atoms with Crippen molar-refractivity contribution < 1.29 is 19.8 Å². The van der Waals surface area contributed by atoms with E-state index in [1.54, 1.807) is 6.92 Å². The third kappa shape index (κ3) is 2.79. The van der Waals surface area contributed by atoms with Crippen molar-refractivity contribution in [3.8, 4) is 0 Å². The fraction of sp³-hybridized carbons (Fsp3) is 0.692. The molecule has 0 radical (unpaired) electrons. The maximum Gasteiger partial charge on any atom is 0.262 e. The summed E-state index contributed by atoms with van der Waals surface area (Å²) in [6.45, 7) is 3.60. The highest BCUT2D eigenvalue weighted by molar-refractivity contribution is 6.11. The van der Waals surface area contributed by atoms with E-state index in [1.165, 1.54) is 0 Å². The van der Waals surface area contributed by atoms with Crippen molar-refractivity contribution in [1.82, 2.24) is 5.32 Å². The minimum Gasteiger partial charge on any atom is -0.387 e. The fourth-order valence-corrected chi connectivity index (χ4v) is 1.99. The van der Waals surface area contributed by atoms with Gasteiger partial charge in [-0.15, -0.1) is 0 Å². The number of unbranched alkanes of at least 4 members (excludes halogenated alkanes) is 1. The largest absolute Gasteiger partial charge is 0.387 e. The van der Waals surface area contributed by atoms with E-state index in [1.807, 2.05) is 12.2 Å². The summed E-state index contributed by atoms with van der Waals surface area (Å²) in [6, 6.07) is -0.609. The summed E-state index contributed by atoms with van der Waals surface area (Å²) in [4.78, 5) is 23.4. The van der Waals surface area contributed by atoms with Gasteiger partial charge in [0.15, 0.2) is 5.78 Å². The van der Waals surface area contributed by atoms with Crippen LogP contribution in [-0.2, 0) is 9.59 Å². The van der Waals surface area contributed by atoms with E-state index >= 15 is 0 Å². The molecule has 3 atom stereocenters. The predicted molar refractivity (Wildman–Crippen MR) is 66.9 cm³/mol. The lowest BCUT2D eigenvalue weighted by atomic mass is 9.89. The maximum absolute atomic E-state index is 11.9. The number of ketones is 1. The second-order valence-corrected chi connectivity index (χ2v) is 4.70. The van der Waals surface area contributed by atoms with Crippen LogP contribution < -0.4 is 5.32 Å². The first kappa shape index (κ1) is 14.9. The van der Waals surface area contributed by atoms with E-state index in [-0.39, 0.29) is 6.42 Å². The van der Waals surface area contributed by atoms with Gasteiger partial charge in [-0.25, -0.2) is 0 Å². The molecule has 0 spiro atoms. The minimum atomic E-state index is -2.28. The van der Waals surface area contributed by atoms with Gasteiger partial charge in [-0.2, -0.15) is 0 Å². The van der Waals surface area contributed by atoms with Crippen LogP contribution in [0.4, 0.5) is 0 Å². The van der Waals surface area contributed by atoms with Gasteiger partial charge in [-0.3, -0.25) is 9.59 Å². The van der Waals surface area contributed by atoms with E-state index in [2.05, 4.69) is 12.2 Å². The zero-order valence-electron chi connectivity index (χ0n) is 10.8. The van der Waals surface area contributed by atoms with Gasteiger partial charge in [-0.05, 0) is 19.8 Å². The molecule has 0 bridgehead atoms. The highest BCUT2D eigenvalue weighted by Gasteiger charge is 2.56. The molecule has 5 heteroatoms. The Morgan fingerprint density at radius 1 is 1.44 bits per heavy atom. The Balaban J connectivity index is 2.58. The van der Waals surface area contributed by atoms with Crippen molar-refractivity contribution in [3.63, 3.8) is 0 Å². The molecule has 0 aliphatic carbocycles. The lowest BCUT2D eigenvalue weighted by molar-refractivity contribution is -0.157. The minimum absolute atomic E-state index is 0.0495. The van der Waals surface area contributed by atoms with Gasteiger partial charge in [0.25, 0.3) is 5.91 Å². The van der Waals surface area contributed by atoms with Crippen molar-refractivity contribution in [2.45, 2.75) is 57.3 Å². The van der Waals surface area contributed by atoms with Crippen LogP contribution in [0.3, 0.4) is 0 Å². The molecular formula is C13H21NO4. The summed E-state index contributed by atoms with van der Waals surface area (Å²) in [5.41, 5.74) is -2.28.